The first-order valence-corrected chi connectivity index (χ1v) is 8.58. The highest BCUT2D eigenvalue weighted by atomic mass is 19.3. The van der Waals surface area contributed by atoms with Gasteiger partial charge in [0.05, 0.1) is 17.1 Å². The van der Waals surface area contributed by atoms with Crippen molar-refractivity contribution in [2.24, 2.45) is 10.7 Å². The average Bonchev–Trinajstić information content (AvgIpc) is 2.70. The van der Waals surface area contributed by atoms with Crippen molar-refractivity contribution in [2.45, 2.75) is 12.8 Å². The summed E-state index contributed by atoms with van der Waals surface area (Å²) >= 11 is 0. The van der Waals surface area contributed by atoms with E-state index in [-0.39, 0.29) is 5.56 Å². The van der Waals surface area contributed by atoms with E-state index < -0.39 is 11.6 Å². The summed E-state index contributed by atoms with van der Waals surface area (Å²) in [5.41, 5.74) is 7.99. The highest BCUT2D eigenvalue weighted by molar-refractivity contribution is 6.10. The average molecular weight is 362 g/mol. The molecule has 0 aliphatic heterocycles. The Morgan fingerprint density at radius 1 is 0.852 bits per heavy atom. The molecule has 0 fully saturated rings. The molecular formula is C23H20F2N2. The molecule has 27 heavy (non-hydrogen) atoms. The molecule has 3 aromatic rings. The van der Waals surface area contributed by atoms with Crippen molar-refractivity contribution in [1.82, 2.24) is 0 Å². The number of hydrogen-bond acceptors (Lipinski definition) is 2. The molecule has 0 aromatic heterocycles. The lowest BCUT2D eigenvalue weighted by molar-refractivity contribution is 0.0364. The predicted molar refractivity (Wildman–Crippen MR) is 106 cm³/mol. The fourth-order valence-corrected chi connectivity index (χ4v) is 2.60. The summed E-state index contributed by atoms with van der Waals surface area (Å²) in [4.78, 5) is 4.54. The maximum atomic E-state index is 14.8. The van der Waals surface area contributed by atoms with Crippen LogP contribution in [0, 0.1) is 6.92 Å². The van der Waals surface area contributed by atoms with Gasteiger partial charge in [-0.1, -0.05) is 78.4 Å². The van der Waals surface area contributed by atoms with Gasteiger partial charge in [-0.3, -0.25) is 0 Å². The third-order valence-electron chi connectivity index (χ3n) is 4.14. The van der Waals surface area contributed by atoms with E-state index in [4.69, 9.17) is 5.73 Å². The largest absolute Gasteiger partial charge is 0.397 e. The van der Waals surface area contributed by atoms with E-state index in [1.165, 1.54) is 18.2 Å². The minimum Gasteiger partial charge on any atom is -0.397 e. The Morgan fingerprint density at radius 3 is 2.00 bits per heavy atom. The van der Waals surface area contributed by atoms with Gasteiger partial charge in [0.1, 0.15) is 0 Å². The number of nitrogens with two attached hydrogens (primary N) is 1. The van der Waals surface area contributed by atoms with Crippen LogP contribution in [0.1, 0.15) is 16.7 Å². The van der Waals surface area contributed by atoms with Gasteiger partial charge in [0.2, 0.25) is 0 Å². The van der Waals surface area contributed by atoms with E-state index in [9.17, 15) is 8.78 Å². The Kier molecular flexibility index (Phi) is 5.46. The summed E-state index contributed by atoms with van der Waals surface area (Å²) in [5, 5.41) is 0. The zero-order valence-corrected chi connectivity index (χ0v) is 14.9. The Balaban J connectivity index is 2.05. The third-order valence-corrected chi connectivity index (χ3v) is 4.14. The van der Waals surface area contributed by atoms with Crippen LogP contribution in [-0.2, 0) is 5.92 Å². The van der Waals surface area contributed by atoms with E-state index in [2.05, 4.69) is 4.99 Å². The van der Waals surface area contributed by atoms with Crippen molar-refractivity contribution >= 4 is 11.4 Å². The molecule has 0 spiro atoms. The third kappa shape index (κ3) is 4.47. The van der Waals surface area contributed by atoms with E-state index in [0.717, 1.165) is 5.56 Å². The van der Waals surface area contributed by atoms with Gasteiger partial charge in [-0.2, -0.15) is 8.78 Å². The second-order valence-electron chi connectivity index (χ2n) is 6.24. The summed E-state index contributed by atoms with van der Waals surface area (Å²) in [6.45, 7) is 1.98. The van der Waals surface area contributed by atoms with Crippen molar-refractivity contribution in [1.29, 1.82) is 0 Å². The van der Waals surface area contributed by atoms with Crippen molar-refractivity contribution in [2.75, 3.05) is 0 Å². The van der Waals surface area contributed by atoms with E-state index in [1.54, 1.807) is 18.2 Å². The number of halogens is 2. The molecule has 0 aliphatic rings. The first kappa shape index (κ1) is 18.5. The zero-order chi connectivity index (χ0) is 19.3. The molecule has 0 amide bonds. The molecule has 0 aliphatic carbocycles. The number of allylic oxidation sites excluding steroid dienone is 2. The Morgan fingerprint density at radius 2 is 1.41 bits per heavy atom. The lowest BCUT2D eigenvalue weighted by Crippen LogP contribution is -2.24. The zero-order valence-electron chi connectivity index (χ0n) is 14.9. The van der Waals surface area contributed by atoms with Crippen molar-refractivity contribution in [3.05, 3.63) is 113 Å². The molecule has 0 radical (unpaired) electrons. The molecule has 3 aromatic carbocycles. The monoisotopic (exact) mass is 362 g/mol. The number of alkyl halides is 2. The lowest BCUT2D eigenvalue weighted by Gasteiger charge is -2.17. The fourth-order valence-electron chi connectivity index (χ4n) is 2.60. The normalized spacial score (nSPS) is 12.9. The lowest BCUT2D eigenvalue weighted by atomic mass is 10.0. The van der Waals surface area contributed by atoms with E-state index in [1.807, 2.05) is 61.5 Å². The van der Waals surface area contributed by atoms with Crippen molar-refractivity contribution in [3.8, 4) is 0 Å². The van der Waals surface area contributed by atoms with Gasteiger partial charge < -0.3 is 5.73 Å². The molecule has 0 heterocycles. The van der Waals surface area contributed by atoms with Crippen molar-refractivity contribution in [3.63, 3.8) is 0 Å². The highest BCUT2D eigenvalue weighted by Crippen LogP contribution is 2.33. The first-order valence-electron chi connectivity index (χ1n) is 8.58. The standard InChI is InChI=1S/C23H20F2N2/c1-17-12-14-20(15-13-17)27-21(18-8-4-2-5-9-18)16-22(26)23(24,25)19-10-6-3-7-11-19/h2-16H,26H2,1H3/b22-16-,27-21?. The van der Waals surface area contributed by atoms with Crippen LogP contribution < -0.4 is 5.73 Å². The molecule has 0 atom stereocenters. The Labute approximate surface area is 157 Å². The van der Waals surface area contributed by atoms with E-state index in [0.29, 0.717) is 17.0 Å². The van der Waals surface area contributed by atoms with Gasteiger partial charge >= 0.3 is 5.92 Å². The smallest absolute Gasteiger partial charge is 0.312 e. The molecule has 136 valence electrons. The first-order chi connectivity index (χ1) is 13.0. The highest BCUT2D eigenvalue weighted by Gasteiger charge is 2.35. The van der Waals surface area contributed by atoms with Crippen LogP contribution in [0.2, 0.25) is 0 Å². The Bertz CT molecular complexity index is 945. The molecule has 2 N–H and O–H groups in total. The fraction of sp³-hybridized carbons (Fsp3) is 0.0870. The summed E-state index contributed by atoms with van der Waals surface area (Å²) < 4.78 is 29.5. The van der Waals surface area contributed by atoms with Crippen LogP contribution in [0.4, 0.5) is 14.5 Å². The Hall–Kier alpha value is -3.27. The molecule has 3 rings (SSSR count). The van der Waals surface area contributed by atoms with Crippen LogP contribution in [0.25, 0.3) is 0 Å². The maximum Gasteiger partial charge on any atom is 0.312 e. The van der Waals surface area contributed by atoms with Gasteiger partial charge in [-0.05, 0) is 25.1 Å². The quantitative estimate of drug-likeness (QED) is 0.577. The molecule has 0 saturated carbocycles. The van der Waals surface area contributed by atoms with Gasteiger partial charge in [0, 0.05) is 11.1 Å². The van der Waals surface area contributed by atoms with Gasteiger partial charge in [-0.25, -0.2) is 4.99 Å². The van der Waals surface area contributed by atoms with Crippen LogP contribution >= 0.6 is 0 Å². The SMILES string of the molecule is Cc1ccc(N=C(/C=C(\N)C(F)(F)c2ccccc2)c2ccccc2)cc1. The number of aliphatic imine (C=N–C) groups is 1. The van der Waals surface area contributed by atoms with Crippen LogP contribution in [0.5, 0.6) is 0 Å². The number of rotatable bonds is 5. The van der Waals surface area contributed by atoms with Crippen molar-refractivity contribution < 1.29 is 8.78 Å². The van der Waals surface area contributed by atoms with Gasteiger partial charge in [0.25, 0.3) is 0 Å². The molecule has 2 nitrogen and oxygen atoms in total. The summed E-state index contributed by atoms with van der Waals surface area (Å²) in [6, 6.07) is 24.2. The van der Waals surface area contributed by atoms with Gasteiger partial charge in [0.15, 0.2) is 0 Å². The minimum absolute atomic E-state index is 0.151. The summed E-state index contributed by atoms with van der Waals surface area (Å²) in [6.07, 6.45) is 1.25. The van der Waals surface area contributed by atoms with Crippen LogP contribution in [0.15, 0.2) is 102 Å². The minimum atomic E-state index is -3.29. The molecule has 0 bridgehead atoms. The molecular weight excluding hydrogens is 342 g/mol. The number of benzene rings is 3. The topological polar surface area (TPSA) is 38.4 Å². The second kappa shape index (κ2) is 7.96. The summed E-state index contributed by atoms with van der Waals surface area (Å²) in [5.74, 6) is -3.29. The maximum absolute atomic E-state index is 14.8. The predicted octanol–water partition coefficient (Wildman–Crippen LogP) is 5.75. The van der Waals surface area contributed by atoms with E-state index >= 15 is 0 Å². The molecule has 0 unspecified atom stereocenters. The number of aryl methyl sites for hydroxylation is 1. The molecule has 0 saturated heterocycles. The van der Waals surface area contributed by atoms with Crippen LogP contribution in [0.3, 0.4) is 0 Å². The van der Waals surface area contributed by atoms with Crippen LogP contribution in [-0.4, -0.2) is 5.71 Å². The van der Waals surface area contributed by atoms with Gasteiger partial charge in [-0.15, -0.1) is 0 Å². The second-order valence-corrected chi connectivity index (χ2v) is 6.24. The number of hydrogen-bond donors (Lipinski definition) is 1. The summed E-state index contributed by atoms with van der Waals surface area (Å²) in [7, 11) is 0. The molecule has 4 heteroatoms. The number of nitrogens with zero attached hydrogens (tertiary/aromatic N) is 1.